The highest BCUT2D eigenvalue weighted by molar-refractivity contribution is 6.33. The molecule has 96 valence electrons. The molecule has 0 aliphatic carbocycles. The maximum atomic E-state index is 11.8. The van der Waals surface area contributed by atoms with Gasteiger partial charge in [0.05, 0.1) is 10.6 Å². The number of nitrogens with zero attached hydrogens (tertiary/aromatic N) is 1. The molecule has 0 aromatic heterocycles. The summed E-state index contributed by atoms with van der Waals surface area (Å²) in [6.45, 7) is 0. The highest BCUT2D eigenvalue weighted by atomic mass is 35.5. The molecule has 0 fully saturated rings. The maximum Gasteiger partial charge on any atom is 0.272 e. The average Bonchev–Trinajstić information content (AvgIpc) is 2.45. The van der Waals surface area contributed by atoms with Crippen molar-refractivity contribution in [3.63, 3.8) is 0 Å². The molecule has 19 heavy (non-hydrogen) atoms. The first kappa shape index (κ1) is 13.3. The molecule has 0 aliphatic rings. The fourth-order valence-corrected chi connectivity index (χ4v) is 1.80. The van der Waals surface area contributed by atoms with Gasteiger partial charge in [-0.3, -0.25) is 4.79 Å². The summed E-state index contributed by atoms with van der Waals surface area (Å²) in [6.07, 6.45) is 2.33. The first-order valence-corrected chi connectivity index (χ1v) is 6.25. The van der Waals surface area contributed by atoms with E-state index in [1.54, 1.807) is 30.5 Å². The van der Waals surface area contributed by atoms with Gasteiger partial charge in [0.25, 0.3) is 5.91 Å². The van der Waals surface area contributed by atoms with Crippen LogP contribution < -0.4 is 5.43 Å². The number of rotatable bonds is 4. The van der Waals surface area contributed by atoms with E-state index in [0.717, 1.165) is 5.56 Å². The number of halogens is 1. The summed E-state index contributed by atoms with van der Waals surface area (Å²) in [5.41, 5.74) is 4.01. The van der Waals surface area contributed by atoms with Crippen LogP contribution in [0.4, 0.5) is 0 Å². The van der Waals surface area contributed by atoms with E-state index in [1.807, 2.05) is 30.3 Å². The Morgan fingerprint density at radius 1 is 1.11 bits per heavy atom. The standard InChI is InChI=1S/C15H13ClN2O/c16-14-9-5-4-8-13(14)15(19)18-17-11-10-12-6-2-1-3-7-12/h1-9,11H,10H2,(H,18,19). The van der Waals surface area contributed by atoms with Crippen LogP contribution in [0.2, 0.25) is 5.02 Å². The van der Waals surface area contributed by atoms with Crippen molar-refractivity contribution >= 4 is 23.7 Å². The summed E-state index contributed by atoms with van der Waals surface area (Å²) in [6, 6.07) is 16.8. The lowest BCUT2D eigenvalue weighted by atomic mass is 10.2. The normalized spacial score (nSPS) is 10.6. The molecule has 2 aromatic carbocycles. The minimum absolute atomic E-state index is 0.310. The highest BCUT2D eigenvalue weighted by Gasteiger charge is 2.07. The summed E-state index contributed by atoms with van der Waals surface area (Å²) in [4.78, 5) is 11.8. The lowest BCUT2D eigenvalue weighted by Crippen LogP contribution is -2.18. The summed E-state index contributed by atoms with van der Waals surface area (Å²) in [5.74, 6) is -0.310. The zero-order chi connectivity index (χ0) is 13.5. The second-order valence-corrected chi connectivity index (χ2v) is 4.33. The molecule has 3 nitrogen and oxygen atoms in total. The molecule has 0 unspecified atom stereocenters. The molecule has 0 aliphatic heterocycles. The molecule has 0 bridgehead atoms. The third kappa shape index (κ3) is 3.93. The fourth-order valence-electron chi connectivity index (χ4n) is 1.57. The van der Waals surface area contributed by atoms with Gasteiger partial charge in [0.15, 0.2) is 0 Å². The van der Waals surface area contributed by atoms with Crippen LogP contribution in [-0.4, -0.2) is 12.1 Å². The Kier molecular flexibility index (Phi) is 4.70. The monoisotopic (exact) mass is 272 g/mol. The van der Waals surface area contributed by atoms with Crippen LogP contribution in [-0.2, 0) is 6.42 Å². The van der Waals surface area contributed by atoms with Gasteiger partial charge in [-0.2, -0.15) is 5.10 Å². The van der Waals surface area contributed by atoms with Crippen LogP contribution in [0.15, 0.2) is 59.7 Å². The SMILES string of the molecule is O=C(NN=CCc1ccccc1)c1ccccc1Cl. The minimum atomic E-state index is -0.310. The van der Waals surface area contributed by atoms with E-state index in [1.165, 1.54) is 0 Å². The van der Waals surface area contributed by atoms with Gasteiger partial charge >= 0.3 is 0 Å². The van der Waals surface area contributed by atoms with E-state index in [4.69, 9.17) is 11.6 Å². The zero-order valence-electron chi connectivity index (χ0n) is 10.2. The molecule has 0 saturated carbocycles. The summed E-state index contributed by atoms with van der Waals surface area (Å²) >= 11 is 5.92. The van der Waals surface area contributed by atoms with E-state index in [0.29, 0.717) is 17.0 Å². The van der Waals surface area contributed by atoms with Crippen molar-refractivity contribution in [1.82, 2.24) is 5.43 Å². The molecule has 0 spiro atoms. The van der Waals surface area contributed by atoms with Crippen molar-refractivity contribution in [2.75, 3.05) is 0 Å². The van der Waals surface area contributed by atoms with Crippen LogP contribution in [0.3, 0.4) is 0 Å². The van der Waals surface area contributed by atoms with E-state index in [2.05, 4.69) is 10.5 Å². The van der Waals surface area contributed by atoms with Gasteiger partial charge in [-0.25, -0.2) is 5.43 Å². The van der Waals surface area contributed by atoms with Crippen LogP contribution in [0.1, 0.15) is 15.9 Å². The minimum Gasteiger partial charge on any atom is -0.267 e. The predicted octanol–water partition coefficient (Wildman–Crippen LogP) is 3.30. The van der Waals surface area contributed by atoms with E-state index in [-0.39, 0.29) is 5.91 Å². The van der Waals surface area contributed by atoms with Crippen molar-refractivity contribution in [2.45, 2.75) is 6.42 Å². The van der Waals surface area contributed by atoms with E-state index in [9.17, 15) is 4.79 Å². The van der Waals surface area contributed by atoms with Gasteiger partial charge in [0.2, 0.25) is 0 Å². The zero-order valence-corrected chi connectivity index (χ0v) is 11.0. The number of hydrazone groups is 1. The highest BCUT2D eigenvalue weighted by Crippen LogP contribution is 2.14. The molecule has 0 heterocycles. The van der Waals surface area contributed by atoms with E-state index < -0.39 is 0 Å². The van der Waals surface area contributed by atoms with Gasteiger partial charge < -0.3 is 0 Å². The maximum absolute atomic E-state index is 11.8. The van der Waals surface area contributed by atoms with Crippen LogP contribution >= 0.6 is 11.6 Å². The van der Waals surface area contributed by atoms with Crippen molar-refractivity contribution in [2.24, 2.45) is 5.10 Å². The first-order valence-electron chi connectivity index (χ1n) is 5.87. The molecule has 0 radical (unpaired) electrons. The Hall–Kier alpha value is -2.13. The third-order valence-electron chi connectivity index (χ3n) is 2.55. The van der Waals surface area contributed by atoms with Crippen LogP contribution in [0.5, 0.6) is 0 Å². The number of carbonyl (C=O) groups excluding carboxylic acids is 1. The Balaban J connectivity index is 1.89. The van der Waals surface area contributed by atoms with Crippen molar-refractivity contribution in [3.8, 4) is 0 Å². The Morgan fingerprint density at radius 3 is 2.53 bits per heavy atom. The topological polar surface area (TPSA) is 41.5 Å². The second kappa shape index (κ2) is 6.71. The van der Waals surface area contributed by atoms with Crippen molar-refractivity contribution < 1.29 is 4.79 Å². The number of benzene rings is 2. The Morgan fingerprint density at radius 2 is 1.79 bits per heavy atom. The second-order valence-electron chi connectivity index (χ2n) is 3.92. The van der Waals surface area contributed by atoms with Crippen molar-refractivity contribution in [1.29, 1.82) is 0 Å². The quantitative estimate of drug-likeness (QED) is 0.673. The number of hydrogen-bond donors (Lipinski definition) is 1. The number of hydrogen-bond acceptors (Lipinski definition) is 2. The van der Waals surface area contributed by atoms with Gasteiger partial charge in [0, 0.05) is 12.6 Å². The molecule has 0 atom stereocenters. The molecular formula is C15H13ClN2O. The number of amides is 1. The Labute approximate surface area is 116 Å². The number of nitrogens with one attached hydrogen (secondary N) is 1. The first-order chi connectivity index (χ1) is 9.27. The average molecular weight is 273 g/mol. The summed E-state index contributed by atoms with van der Waals surface area (Å²) in [7, 11) is 0. The summed E-state index contributed by atoms with van der Waals surface area (Å²) in [5, 5.41) is 4.32. The van der Waals surface area contributed by atoms with Gasteiger partial charge in [-0.15, -0.1) is 0 Å². The fraction of sp³-hybridized carbons (Fsp3) is 0.0667. The van der Waals surface area contributed by atoms with Gasteiger partial charge in [-0.1, -0.05) is 54.1 Å². The largest absolute Gasteiger partial charge is 0.272 e. The van der Waals surface area contributed by atoms with Crippen molar-refractivity contribution in [3.05, 3.63) is 70.7 Å². The van der Waals surface area contributed by atoms with E-state index >= 15 is 0 Å². The molecule has 4 heteroatoms. The smallest absolute Gasteiger partial charge is 0.267 e. The Bertz CT molecular complexity index is 582. The molecule has 1 amide bonds. The summed E-state index contributed by atoms with van der Waals surface area (Å²) < 4.78 is 0. The van der Waals surface area contributed by atoms with Crippen LogP contribution in [0, 0.1) is 0 Å². The molecule has 1 N–H and O–H groups in total. The lowest BCUT2D eigenvalue weighted by molar-refractivity contribution is 0.0955. The lowest BCUT2D eigenvalue weighted by Gasteiger charge is -2.01. The molecule has 0 saturated heterocycles. The van der Waals surface area contributed by atoms with Gasteiger partial charge in [0.1, 0.15) is 0 Å². The van der Waals surface area contributed by atoms with Gasteiger partial charge in [-0.05, 0) is 17.7 Å². The number of carbonyl (C=O) groups is 1. The van der Waals surface area contributed by atoms with Crippen LogP contribution in [0.25, 0.3) is 0 Å². The third-order valence-corrected chi connectivity index (χ3v) is 2.88. The predicted molar refractivity (Wildman–Crippen MR) is 77.6 cm³/mol. The molecule has 2 aromatic rings. The molecular weight excluding hydrogens is 260 g/mol. The molecule has 2 rings (SSSR count).